The van der Waals surface area contributed by atoms with Gasteiger partial charge in [0.05, 0.1) is 6.10 Å². The highest BCUT2D eigenvalue weighted by Crippen LogP contribution is 2.44. The number of ether oxygens (including phenoxy) is 4. The van der Waals surface area contributed by atoms with E-state index in [0.717, 1.165) is 25.7 Å². The predicted molar refractivity (Wildman–Crippen MR) is 163 cm³/mol. The van der Waals surface area contributed by atoms with Gasteiger partial charge in [0.1, 0.15) is 47.6 Å². The van der Waals surface area contributed by atoms with Gasteiger partial charge >= 0.3 is 5.63 Å². The Morgan fingerprint density at radius 1 is 1.17 bits per heavy atom. The molecule has 0 unspecified atom stereocenters. The van der Waals surface area contributed by atoms with Crippen molar-refractivity contribution in [2.45, 2.75) is 108 Å². The summed E-state index contributed by atoms with van der Waals surface area (Å²) in [5, 5.41) is 11.0. The lowest BCUT2D eigenvalue weighted by Gasteiger charge is -2.43. The summed E-state index contributed by atoms with van der Waals surface area (Å²) in [6, 6.07) is 4.78. The normalized spacial score (nSPS) is 22.8. The fourth-order valence-electron chi connectivity index (χ4n) is 5.41. The van der Waals surface area contributed by atoms with Gasteiger partial charge in [0.15, 0.2) is 14.1 Å². The van der Waals surface area contributed by atoms with Gasteiger partial charge in [-0.05, 0) is 62.2 Å². The van der Waals surface area contributed by atoms with Crippen LogP contribution in [0.25, 0.3) is 16.8 Å². The Morgan fingerprint density at radius 2 is 1.88 bits per heavy atom. The summed E-state index contributed by atoms with van der Waals surface area (Å²) in [6.07, 6.45) is 8.82. The van der Waals surface area contributed by atoms with Crippen molar-refractivity contribution in [1.29, 1.82) is 0 Å². The molecule has 1 aliphatic heterocycles. The van der Waals surface area contributed by atoms with Crippen molar-refractivity contribution >= 4 is 25.2 Å². The highest BCUT2D eigenvalue weighted by Gasteiger charge is 2.52. The van der Waals surface area contributed by atoms with Crippen molar-refractivity contribution < 1.29 is 32.9 Å². The van der Waals surface area contributed by atoms with E-state index < -0.39 is 31.9 Å². The topological polar surface area (TPSA) is 96.6 Å². The van der Waals surface area contributed by atoms with Gasteiger partial charge in [0.2, 0.25) is 0 Å². The Bertz CT molecular complexity index is 1300. The van der Waals surface area contributed by atoms with Crippen LogP contribution in [0.3, 0.4) is 0 Å². The van der Waals surface area contributed by atoms with Crippen molar-refractivity contribution in [2.75, 3.05) is 13.7 Å². The van der Waals surface area contributed by atoms with Gasteiger partial charge in [0, 0.05) is 31.4 Å². The minimum atomic E-state index is -2.25. The highest BCUT2D eigenvalue weighted by atomic mass is 28.4. The maximum atomic E-state index is 12.8. The third kappa shape index (κ3) is 6.97. The summed E-state index contributed by atoms with van der Waals surface area (Å²) in [4.78, 5) is 12.8. The quantitative estimate of drug-likeness (QED) is 0.236. The molecule has 0 amide bonds. The van der Waals surface area contributed by atoms with Crippen LogP contribution in [0, 0.1) is 0 Å². The largest absolute Gasteiger partial charge is 0.507 e. The minimum absolute atomic E-state index is 0.0308. The van der Waals surface area contributed by atoms with Gasteiger partial charge in [-0.3, -0.25) is 0 Å². The van der Waals surface area contributed by atoms with Crippen molar-refractivity contribution in [1.82, 2.24) is 0 Å². The second kappa shape index (κ2) is 12.4. The summed E-state index contributed by atoms with van der Waals surface area (Å²) in [5.74, 6) is -0.0291. The average molecular weight is 587 g/mol. The van der Waals surface area contributed by atoms with Crippen LogP contribution in [0.1, 0.15) is 65.6 Å². The number of aromatic hydroxyl groups is 1. The van der Waals surface area contributed by atoms with E-state index in [1.165, 1.54) is 12.5 Å². The van der Waals surface area contributed by atoms with Crippen molar-refractivity contribution in [3.05, 3.63) is 53.1 Å². The fraction of sp³-hybridized carbons (Fsp3) is 0.594. The molecule has 2 heterocycles. The zero-order valence-electron chi connectivity index (χ0n) is 25.5. The molecule has 226 valence electrons. The number of phenolic OH excluding ortho intramolecular Hbond substituents is 1. The standard InChI is InChI=1S/C32H46O8Si/c1-9-17-36-24-19-22-18-23(37-30(34)27(22)25(33)20-24)13-14-26(35-6)29(40-41(7,8)31(3,4)5)28-21(2)38-32(39-28)15-11-10-12-16-32/h9,13-14,18-21,26,28-29,33H,1,10-12,15-17H2,2-8H3/b14-13+/t21-,26+,28+,29-/m1/s1. The van der Waals surface area contributed by atoms with E-state index in [0.29, 0.717) is 16.9 Å². The maximum absolute atomic E-state index is 12.8. The van der Waals surface area contributed by atoms with E-state index in [9.17, 15) is 9.90 Å². The zero-order chi connectivity index (χ0) is 30.0. The molecule has 2 fully saturated rings. The molecule has 1 N–H and O–H groups in total. The summed E-state index contributed by atoms with van der Waals surface area (Å²) < 4.78 is 37.4. The number of fused-ring (bicyclic) bond motifs is 1. The zero-order valence-corrected chi connectivity index (χ0v) is 26.5. The molecule has 41 heavy (non-hydrogen) atoms. The molecule has 1 spiro atoms. The van der Waals surface area contributed by atoms with Gasteiger partial charge in [-0.1, -0.05) is 39.8 Å². The van der Waals surface area contributed by atoms with Crippen LogP contribution >= 0.6 is 0 Å². The second-order valence-electron chi connectivity index (χ2n) is 12.7. The lowest BCUT2D eigenvalue weighted by molar-refractivity contribution is -0.202. The summed E-state index contributed by atoms with van der Waals surface area (Å²) in [5.41, 5.74) is -0.640. The second-order valence-corrected chi connectivity index (χ2v) is 17.5. The molecule has 4 atom stereocenters. The van der Waals surface area contributed by atoms with Crippen LogP contribution in [-0.2, 0) is 18.6 Å². The summed E-state index contributed by atoms with van der Waals surface area (Å²) >= 11 is 0. The molecule has 2 aliphatic rings. The minimum Gasteiger partial charge on any atom is -0.507 e. The third-order valence-corrected chi connectivity index (χ3v) is 13.1. The number of hydrogen-bond acceptors (Lipinski definition) is 8. The van der Waals surface area contributed by atoms with Crippen LogP contribution in [0.5, 0.6) is 11.5 Å². The molecule has 8 nitrogen and oxygen atoms in total. The molecular weight excluding hydrogens is 540 g/mol. The van der Waals surface area contributed by atoms with Gasteiger partial charge in [0.25, 0.3) is 0 Å². The first-order valence-electron chi connectivity index (χ1n) is 14.6. The molecule has 1 saturated carbocycles. The first-order valence-corrected chi connectivity index (χ1v) is 17.5. The number of rotatable bonds is 10. The fourth-order valence-corrected chi connectivity index (χ4v) is 6.71. The Kier molecular flexibility index (Phi) is 9.55. The average Bonchev–Trinajstić information content (AvgIpc) is 3.20. The van der Waals surface area contributed by atoms with E-state index in [1.807, 2.05) is 13.0 Å². The third-order valence-electron chi connectivity index (χ3n) is 8.64. The molecule has 1 saturated heterocycles. The Morgan fingerprint density at radius 3 is 2.51 bits per heavy atom. The van der Waals surface area contributed by atoms with Gasteiger partial charge in [-0.2, -0.15) is 0 Å². The van der Waals surface area contributed by atoms with Crippen LogP contribution in [0.4, 0.5) is 0 Å². The summed E-state index contributed by atoms with van der Waals surface area (Å²) in [7, 11) is -0.610. The van der Waals surface area contributed by atoms with Crippen molar-refractivity contribution in [2.24, 2.45) is 0 Å². The Balaban J connectivity index is 1.68. The number of benzene rings is 1. The molecule has 4 rings (SSSR count). The van der Waals surface area contributed by atoms with E-state index in [-0.39, 0.29) is 35.0 Å². The maximum Gasteiger partial charge on any atom is 0.347 e. The lowest BCUT2D eigenvalue weighted by atomic mass is 9.94. The van der Waals surface area contributed by atoms with Gasteiger partial charge < -0.3 is 32.9 Å². The first kappa shape index (κ1) is 31.5. The molecule has 0 radical (unpaired) electrons. The van der Waals surface area contributed by atoms with E-state index in [4.69, 9.17) is 27.8 Å². The lowest BCUT2D eigenvalue weighted by Crippen LogP contribution is -2.53. The SMILES string of the molecule is C=CCOc1cc(O)c2c(=O)oc(/C=C/[C@H](OC)[C@@H](O[Si](C)(C)C(C)(C)C)[C@H]3OC4(CCCCC4)O[C@@H]3C)cc2c1. The molecule has 1 aromatic heterocycles. The molecule has 2 aromatic rings. The van der Waals surface area contributed by atoms with Crippen LogP contribution in [0.2, 0.25) is 18.1 Å². The van der Waals surface area contributed by atoms with Gasteiger partial charge in [-0.15, -0.1) is 0 Å². The monoisotopic (exact) mass is 586 g/mol. The van der Waals surface area contributed by atoms with Crippen molar-refractivity contribution in [3.63, 3.8) is 0 Å². The van der Waals surface area contributed by atoms with Gasteiger partial charge in [-0.25, -0.2) is 4.79 Å². The molecule has 1 aromatic carbocycles. The van der Waals surface area contributed by atoms with Crippen molar-refractivity contribution in [3.8, 4) is 11.5 Å². The number of hydrogen-bond donors (Lipinski definition) is 1. The summed E-state index contributed by atoms with van der Waals surface area (Å²) in [6.45, 7) is 17.0. The number of methoxy groups -OCH3 is 1. The first-order chi connectivity index (χ1) is 19.3. The van der Waals surface area contributed by atoms with Crippen LogP contribution < -0.4 is 10.4 Å². The molecule has 0 bridgehead atoms. The van der Waals surface area contributed by atoms with E-state index in [1.54, 1.807) is 31.4 Å². The Hall–Kier alpha value is -2.43. The smallest absolute Gasteiger partial charge is 0.347 e. The van der Waals surface area contributed by atoms with Crippen LogP contribution in [0.15, 0.2) is 46.1 Å². The number of phenols is 1. The molecule has 1 aliphatic carbocycles. The molecule has 9 heteroatoms. The Labute approximate surface area is 244 Å². The van der Waals surface area contributed by atoms with E-state index >= 15 is 0 Å². The van der Waals surface area contributed by atoms with Crippen LogP contribution in [-0.4, -0.2) is 57.3 Å². The predicted octanol–water partition coefficient (Wildman–Crippen LogP) is 6.95. The molecular formula is C32H46O8Si. The highest BCUT2D eigenvalue weighted by molar-refractivity contribution is 6.74. The van der Waals surface area contributed by atoms with E-state index in [2.05, 4.69) is 40.4 Å².